The van der Waals surface area contributed by atoms with Gasteiger partial charge < -0.3 is 9.47 Å². The van der Waals surface area contributed by atoms with Crippen LogP contribution in [-0.2, 0) is 11.2 Å². The van der Waals surface area contributed by atoms with Gasteiger partial charge in [0.15, 0.2) is 23.2 Å². The van der Waals surface area contributed by atoms with E-state index < -0.39 is 29.5 Å². The van der Waals surface area contributed by atoms with E-state index in [4.69, 9.17) is 9.47 Å². The zero-order valence-electron chi connectivity index (χ0n) is 18.6. The summed E-state index contributed by atoms with van der Waals surface area (Å²) in [5.41, 5.74) is 0.578. The number of hydrogen-bond acceptors (Lipinski definition) is 3. The van der Waals surface area contributed by atoms with Crippen molar-refractivity contribution in [2.24, 2.45) is 5.92 Å². The highest BCUT2D eigenvalue weighted by atomic mass is 19.2. The molecule has 0 amide bonds. The van der Waals surface area contributed by atoms with Crippen molar-refractivity contribution in [1.29, 1.82) is 0 Å². The lowest BCUT2D eigenvalue weighted by atomic mass is 9.77. The number of halogens is 3. The number of carbonyl (C=O) groups excluding carboxylic acids is 1. The Morgan fingerprint density at radius 3 is 2.31 bits per heavy atom. The lowest BCUT2D eigenvalue weighted by Gasteiger charge is -2.30. The lowest BCUT2D eigenvalue weighted by molar-refractivity contribution is 0.0234. The smallest absolute Gasteiger partial charge is 0.342 e. The van der Waals surface area contributed by atoms with Crippen LogP contribution in [0.4, 0.5) is 13.2 Å². The third-order valence-electron chi connectivity index (χ3n) is 6.82. The van der Waals surface area contributed by atoms with Gasteiger partial charge in [0.05, 0.1) is 6.61 Å². The maximum atomic E-state index is 15.1. The predicted octanol–water partition coefficient (Wildman–Crippen LogP) is 7.03. The van der Waals surface area contributed by atoms with Gasteiger partial charge in [0.25, 0.3) is 0 Å². The van der Waals surface area contributed by atoms with Crippen LogP contribution in [0.25, 0.3) is 0 Å². The maximum Gasteiger partial charge on any atom is 0.342 e. The molecule has 3 nitrogen and oxygen atoms in total. The van der Waals surface area contributed by atoms with Crippen molar-refractivity contribution in [2.45, 2.75) is 70.8 Å². The van der Waals surface area contributed by atoms with Crippen LogP contribution in [-0.4, -0.2) is 12.6 Å². The standard InChI is InChI=1S/C26H29F3O3/c1-3-5-15-6-8-16(9-7-15)18-11-12-19(24(28)23(18)27)21-14-17-10-13-20(31-4-2)25(29)22(17)26(30)32-21/h10-13,15-16,21H,3-9,14H2,1-2H3. The number of carbonyl (C=O) groups is 1. The molecule has 1 fully saturated rings. The number of esters is 1. The molecular weight excluding hydrogens is 417 g/mol. The fourth-order valence-corrected chi connectivity index (χ4v) is 5.17. The molecule has 1 aliphatic carbocycles. The highest BCUT2D eigenvalue weighted by molar-refractivity contribution is 5.93. The SMILES string of the molecule is CCCC1CCC(c2ccc(C3Cc4ccc(OCC)c(F)c4C(=O)O3)c(F)c2F)CC1. The minimum absolute atomic E-state index is 0.00682. The highest BCUT2D eigenvalue weighted by Crippen LogP contribution is 2.41. The Bertz CT molecular complexity index is 996. The molecule has 172 valence electrons. The first-order chi connectivity index (χ1) is 15.4. The molecule has 2 aliphatic rings. The van der Waals surface area contributed by atoms with Gasteiger partial charge in [0, 0.05) is 12.0 Å². The molecule has 6 heteroatoms. The third-order valence-corrected chi connectivity index (χ3v) is 6.82. The number of ether oxygens (including phenoxy) is 2. The summed E-state index contributed by atoms with van der Waals surface area (Å²) in [5.74, 6) is -2.87. The molecule has 4 rings (SSSR count). The van der Waals surface area contributed by atoms with E-state index in [-0.39, 0.29) is 35.8 Å². The van der Waals surface area contributed by atoms with Crippen LogP contribution in [0.2, 0.25) is 0 Å². The van der Waals surface area contributed by atoms with Gasteiger partial charge in [-0.3, -0.25) is 0 Å². The quantitative estimate of drug-likeness (QED) is 0.447. The van der Waals surface area contributed by atoms with Crippen LogP contribution in [0.3, 0.4) is 0 Å². The Hall–Kier alpha value is -2.50. The molecule has 1 aliphatic heterocycles. The average molecular weight is 447 g/mol. The van der Waals surface area contributed by atoms with E-state index in [0.717, 1.165) is 32.1 Å². The van der Waals surface area contributed by atoms with Gasteiger partial charge in [-0.25, -0.2) is 18.0 Å². The molecule has 0 spiro atoms. The van der Waals surface area contributed by atoms with E-state index in [1.165, 1.54) is 18.6 Å². The third kappa shape index (κ3) is 4.24. The molecule has 0 bridgehead atoms. The molecule has 32 heavy (non-hydrogen) atoms. The molecule has 1 heterocycles. The molecule has 2 aromatic carbocycles. The molecule has 2 aromatic rings. The first kappa shape index (κ1) is 22.7. The summed E-state index contributed by atoms with van der Waals surface area (Å²) in [6, 6.07) is 6.16. The molecule has 0 aromatic heterocycles. The number of benzene rings is 2. The van der Waals surface area contributed by atoms with E-state index in [1.54, 1.807) is 19.1 Å². The second kappa shape index (κ2) is 9.55. The van der Waals surface area contributed by atoms with Gasteiger partial charge in [0.1, 0.15) is 11.7 Å². The second-order valence-corrected chi connectivity index (χ2v) is 8.82. The summed E-state index contributed by atoms with van der Waals surface area (Å²) in [6.45, 7) is 4.14. The van der Waals surface area contributed by atoms with Crippen molar-refractivity contribution in [1.82, 2.24) is 0 Å². The average Bonchev–Trinajstić information content (AvgIpc) is 2.78. The molecular formula is C26H29F3O3. The number of hydrogen-bond donors (Lipinski definition) is 0. The van der Waals surface area contributed by atoms with Crippen molar-refractivity contribution in [3.63, 3.8) is 0 Å². The van der Waals surface area contributed by atoms with Crippen molar-refractivity contribution in [3.8, 4) is 5.75 Å². The van der Waals surface area contributed by atoms with E-state index in [1.807, 2.05) is 0 Å². The van der Waals surface area contributed by atoms with Gasteiger partial charge in [-0.2, -0.15) is 0 Å². The fraction of sp³-hybridized carbons (Fsp3) is 0.500. The normalized spacial score (nSPS) is 22.9. The molecule has 1 unspecified atom stereocenters. The van der Waals surface area contributed by atoms with E-state index in [2.05, 4.69) is 6.92 Å². The van der Waals surface area contributed by atoms with Crippen LogP contribution in [0.1, 0.15) is 91.4 Å². The largest absolute Gasteiger partial charge is 0.491 e. The van der Waals surface area contributed by atoms with E-state index in [9.17, 15) is 9.18 Å². The summed E-state index contributed by atoms with van der Waals surface area (Å²) < 4.78 is 55.3. The van der Waals surface area contributed by atoms with Crippen molar-refractivity contribution in [2.75, 3.05) is 6.61 Å². The van der Waals surface area contributed by atoms with Gasteiger partial charge in [0.2, 0.25) is 0 Å². The molecule has 1 saturated carbocycles. The second-order valence-electron chi connectivity index (χ2n) is 8.82. The molecule has 0 N–H and O–H groups in total. The fourth-order valence-electron chi connectivity index (χ4n) is 5.17. The zero-order chi connectivity index (χ0) is 22.8. The van der Waals surface area contributed by atoms with Gasteiger partial charge in [-0.1, -0.05) is 38.0 Å². The first-order valence-corrected chi connectivity index (χ1v) is 11.6. The maximum absolute atomic E-state index is 15.1. The Morgan fingerprint density at radius 1 is 0.938 bits per heavy atom. The van der Waals surface area contributed by atoms with Crippen LogP contribution < -0.4 is 4.74 Å². The van der Waals surface area contributed by atoms with E-state index >= 15 is 8.78 Å². The van der Waals surface area contributed by atoms with Gasteiger partial charge >= 0.3 is 5.97 Å². The molecule has 0 radical (unpaired) electrons. The summed E-state index contributed by atoms with van der Waals surface area (Å²) in [4.78, 5) is 12.5. The Balaban J connectivity index is 1.56. The topological polar surface area (TPSA) is 35.5 Å². The van der Waals surface area contributed by atoms with Crippen molar-refractivity contribution < 1.29 is 27.4 Å². The number of fused-ring (bicyclic) bond motifs is 1. The minimum Gasteiger partial charge on any atom is -0.491 e. The lowest BCUT2D eigenvalue weighted by Crippen LogP contribution is -2.25. The Morgan fingerprint density at radius 2 is 1.62 bits per heavy atom. The van der Waals surface area contributed by atoms with Crippen LogP contribution in [0, 0.1) is 23.4 Å². The van der Waals surface area contributed by atoms with Gasteiger partial charge in [-0.05, 0) is 61.6 Å². The number of rotatable bonds is 6. The summed E-state index contributed by atoms with van der Waals surface area (Å²) in [5, 5.41) is 0. The summed E-state index contributed by atoms with van der Waals surface area (Å²) in [7, 11) is 0. The van der Waals surface area contributed by atoms with Crippen LogP contribution in [0.15, 0.2) is 24.3 Å². The van der Waals surface area contributed by atoms with Gasteiger partial charge in [-0.15, -0.1) is 0 Å². The Kier molecular flexibility index (Phi) is 6.77. The van der Waals surface area contributed by atoms with E-state index in [0.29, 0.717) is 17.0 Å². The van der Waals surface area contributed by atoms with Crippen molar-refractivity contribution in [3.05, 3.63) is 64.0 Å². The minimum atomic E-state index is -1.00. The number of cyclic esters (lactones) is 1. The predicted molar refractivity (Wildman–Crippen MR) is 115 cm³/mol. The van der Waals surface area contributed by atoms with Crippen LogP contribution >= 0.6 is 0 Å². The molecule has 1 atom stereocenters. The highest BCUT2D eigenvalue weighted by Gasteiger charge is 2.35. The monoisotopic (exact) mass is 446 g/mol. The Labute approximate surface area is 186 Å². The summed E-state index contributed by atoms with van der Waals surface area (Å²) >= 11 is 0. The summed E-state index contributed by atoms with van der Waals surface area (Å²) in [6.07, 6.45) is 5.18. The molecule has 0 saturated heterocycles. The zero-order valence-corrected chi connectivity index (χ0v) is 18.6. The first-order valence-electron chi connectivity index (χ1n) is 11.6. The van der Waals surface area contributed by atoms with Crippen LogP contribution in [0.5, 0.6) is 5.75 Å². The van der Waals surface area contributed by atoms with Crippen molar-refractivity contribution >= 4 is 5.97 Å².